The van der Waals surface area contributed by atoms with Gasteiger partial charge in [0.2, 0.25) is 5.78 Å². The van der Waals surface area contributed by atoms with Crippen LogP contribution in [0.25, 0.3) is 0 Å². The summed E-state index contributed by atoms with van der Waals surface area (Å²) in [6.45, 7) is 7.18. The summed E-state index contributed by atoms with van der Waals surface area (Å²) in [4.78, 5) is 49.0. The molecule has 6 unspecified atom stereocenters. The number of epoxide rings is 1. The molecular formula is C46H56N4O6. The highest BCUT2D eigenvalue weighted by Crippen LogP contribution is 2.60. The number of likely N-dealkylation sites (N-methyl/N-ethyl adjacent to an activating group) is 1. The van der Waals surface area contributed by atoms with E-state index in [0.717, 1.165) is 49.2 Å². The number of esters is 1. The molecule has 2 heterocycles. The van der Waals surface area contributed by atoms with Gasteiger partial charge in [-0.3, -0.25) is 9.59 Å². The number of allylic oxidation sites excluding steroid dienone is 8. The van der Waals surface area contributed by atoms with Crippen LogP contribution in [-0.4, -0.2) is 78.3 Å². The quantitative estimate of drug-likeness (QED) is 0.0500. The molecule has 4 aliphatic carbocycles. The normalized spacial score (nSPS) is 29.2. The van der Waals surface area contributed by atoms with Crippen LogP contribution < -0.4 is 16.0 Å². The minimum atomic E-state index is -2.15. The van der Waals surface area contributed by atoms with Gasteiger partial charge in [0, 0.05) is 35.7 Å². The highest BCUT2D eigenvalue weighted by atomic mass is 16.7. The number of aryl methyl sites for hydroxylation is 1. The Morgan fingerprint density at radius 2 is 2.00 bits per heavy atom. The summed E-state index contributed by atoms with van der Waals surface area (Å²) in [5.41, 5.74) is 0.764. The van der Waals surface area contributed by atoms with Gasteiger partial charge in [0.15, 0.2) is 11.4 Å². The van der Waals surface area contributed by atoms with Gasteiger partial charge in [-0.1, -0.05) is 80.2 Å². The fourth-order valence-electron chi connectivity index (χ4n) is 9.24. The van der Waals surface area contributed by atoms with E-state index in [1.54, 1.807) is 18.3 Å². The van der Waals surface area contributed by atoms with Gasteiger partial charge in [-0.25, -0.2) is 9.78 Å². The van der Waals surface area contributed by atoms with Crippen LogP contribution >= 0.6 is 0 Å². The lowest BCUT2D eigenvalue weighted by atomic mass is 9.68. The molecule has 1 saturated heterocycles. The summed E-state index contributed by atoms with van der Waals surface area (Å²) in [5, 5.41) is 20.6. The van der Waals surface area contributed by atoms with Crippen molar-refractivity contribution in [2.45, 2.75) is 89.4 Å². The average molecular weight is 761 g/mol. The number of carbonyl (C=O) groups excluding carboxylic acids is 3. The van der Waals surface area contributed by atoms with Crippen LogP contribution in [0.3, 0.4) is 0 Å². The van der Waals surface area contributed by atoms with Gasteiger partial charge in [0.05, 0.1) is 19.9 Å². The molecule has 6 atom stereocenters. The Morgan fingerprint density at radius 1 is 1.14 bits per heavy atom. The van der Waals surface area contributed by atoms with Crippen molar-refractivity contribution in [2.75, 3.05) is 38.8 Å². The van der Waals surface area contributed by atoms with Gasteiger partial charge < -0.3 is 30.5 Å². The Balaban J connectivity index is 1.20. The van der Waals surface area contributed by atoms with Crippen molar-refractivity contribution in [3.05, 3.63) is 118 Å². The fourth-order valence-corrected chi connectivity index (χ4v) is 9.24. The summed E-state index contributed by atoms with van der Waals surface area (Å²) in [7, 11) is 1.85. The number of nitrogens with one attached hydrogen (secondary N) is 3. The number of ketones is 2. The summed E-state index contributed by atoms with van der Waals surface area (Å²) in [6.07, 6.45) is 22.0. The molecule has 0 saturated carbocycles. The Bertz CT molecular complexity index is 2010. The number of fused-ring (bicyclic) bond motifs is 3. The first-order valence-electron chi connectivity index (χ1n) is 20.2. The summed E-state index contributed by atoms with van der Waals surface area (Å²) in [5.74, 6) is -0.663. The zero-order valence-corrected chi connectivity index (χ0v) is 33.2. The molecule has 0 amide bonds. The van der Waals surface area contributed by atoms with E-state index in [4.69, 9.17) is 9.47 Å². The number of ether oxygens (including phenoxy) is 2. The number of aromatic nitrogens is 1. The zero-order valence-electron chi connectivity index (χ0n) is 33.2. The predicted octanol–water partition coefficient (Wildman–Crippen LogP) is 6.39. The third-order valence-corrected chi connectivity index (χ3v) is 12.5. The molecule has 56 heavy (non-hydrogen) atoms. The summed E-state index contributed by atoms with van der Waals surface area (Å²) < 4.78 is 12.6. The Hall–Kier alpha value is -4.48. The number of Topliss-reactive ketones (excluding diaryl/α,β-unsaturated/α-hetero) is 2. The first-order valence-corrected chi connectivity index (χ1v) is 20.2. The van der Waals surface area contributed by atoms with Gasteiger partial charge >= 0.3 is 5.97 Å². The number of hydrogen-bond donors (Lipinski definition) is 4. The predicted molar refractivity (Wildman–Crippen MR) is 217 cm³/mol. The first kappa shape index (κ1) is 39.7. The molecular weight excluding hydrogens is 705 g/mol. The lowest BCUT2D eigenvalue weighted by Gasteiger charge is -2.36. The number of rotatable bonds is 16. The third kappa shape index (κ3) is 7.52. The highest BCUT2D eigenvalue weighted by molar-refractivity contribution is 6.33. The molecule has 5 aliphatic rings. The van der Waals surface area contributed by atoms with E-state index in [0.29, 0.717) is 43.0 Å². The van der Waals surface area contributed by atoms with Crippen molar-refractivity contribution in [1.82, 2.24) is 15.6 Å². The van der Waals surface area contributed by atoms with Crippen LogP contribution in [0.2, 0.25) is 0 Å². The van der Waals surface area contributed by atoms with E-state index in [-0.39, 0.29) is 48.1 Å². The smallest absolute Gasteiger partial charge is 0.350 e. The molecule has 1 aliphatic heterocycles. The topological polar surface area (TPSA) is 142 Å². The molecule has 7 rings (SSSR count). The van der Waals surface area contributed by atoms with Gasteiger partial charge in [-0.2, -0.15) is 0 Å². The van der Waals surface area contributed by atoms with Crippen molar-refractivity contribution in [3.8, 4) is 0 Å². The molecule has 4 N–H and O–H groups in total. The van der Waals surface area contributed by atoms with E-state index < -0.39 is 28.7 Å². The molecule has 2 aromatic rings. The Labute approximate surface area is 330 Å². The number of carbonyl (C=O) groups is 3. The second kappa shape index (κ2) is 16.5. The minimum Gasteiger partial charge on any atom is -0.463 e. The molecule has 10 heteroatoms. The molecule has 296 valence electrons. The van der Waals surface area contributed by atoms with E-state index in [9.17, 15) is 14.7 Å². The van der Waals surface area contributed by atoms with Crippen molar-refractivity contribution < 1.29 is 29.0 Å². The van der Waals surface area contributed by atoms with Crippen molar-refractivity contribution in [3.63, 3.8) is 0 Å². The maximum Gasteiger partial charge on any atom is 0.350 e. The van der Waals surface area contributed by atoms with Gasteiger partial charge in [0.25, 0.3) is 5.60 Å². The van der Waals surface area contributed by atoms with E-state index in [2.05, 4.69) is 65.2 Å². The van der Waals surface area contributed by atoms with Gasteiger partial charge in [-0.15, -0.1) is 0 Å². The monoisotopic (exact) mass is 760 g/mol. The fraction of sp³-hybridized carbons (Fsp3) is 0.478. The second-order valence-corrected chi connectivity index (χ2v) is 16.4. The lowest BCUT2D eigenvalue weighted by Crippen LogP contribution is -2.52. The zero-order chi connectivity index (χ0) is 39.5. The molecule has 10 nitrogen and oxygen atoms in total. The Morgan fingerprint density at radius 3 is 2.77 bits per heavy atom. The first-order chi connectivity index (χ1) is 27.1. The maximum atomic E-state index is 15.1. The lowest BCUT2D eigenvalue weighted by molar-refractivity contribution is -0.150. The largest absolute Gasteiger partial charge is 0.463 e. The number of benzene rings is 1. The minimum absolute atomic E-state index is 0.000630. The van der Waals surface area contributed by atoms with Crippen LogP contribution in [-0.2, 0) is 27.1 Å². The molecule has 1 aromatic carbocycles. The highest BCUT2D eigenvalue weighted by Gasteiger charge is 2.85. The number of hydrogen-bond acceptors (Lipinski definition) is 10. The van der Waals surface area contributed by atoms with E-state index >= 15 is 4.79 Å². The number of nitrogens with zero attached hydrogens (tertiary/aromatic N) is 1. The summed E-state index contributed by atoms with van der Waals surface area (Å²) >= 11 is 0. The number of pyridine rings is 1. The van der Waals surface area contributed by atoms with Crippen LogP contribution in [0.15, 0.2) is 95.8 Å². The van der Waals surface area contributed by atoms with Crippen LogP contribution in [0.5, 0.6) is 0 Å². The standard InChI is InChI=1S/C46H56N4O6/c1-5-48-38-24-33-13-8-7-12-32(33)23-35(38)28-55-43(54)46-42(53)40-34(25-44(3)19-9-6-10-20-44)14-11-15-37(40)41(52)45(46,56-46)26-36(27-51)30(2)16-17-31-18-21-49-39(22-31)50-29-47-4/h6,8-11,13-15,18-19,21-22,24,32,35,38,47-48,51H,5,7,12,16-17,20,23,25-29H2,1-4H3,(H,49,50). The number of aliphatic hydroxyl groups excluding tert-OH is 1. The van der Waals surface area contributed by atoms with Crippen molar-refractivity contribution >= 4 is 23.4 Å². The average Bonchev–Trinajstić information content (AvgIpc) is 3.91. The Kier molecular flexibility index (Phi) is 11.7. The third-order valence-electron chi connectivity index (χ3n) is 12.5. The van der Waals surface area contributed by atoms with E-state index in [1.165, 1.54) is 5.57 Å². The molecule has 1 fully saturated rings. The van der Waals surface area contributed by atoms with Crippen LogP contribution in [0.4, 0.5) is 5.82 Å². The second-order valence-electron chi connectivity index (χ2n) is 16.4. The van der Waals surface area contributed by atoms with Crippen molar-refractivity contribution in [1.29, 1.82) is 0 Å². The van der Waals surface area contributed by atoms with Gasteiger partial charge in [-0.05, 0) is 111 Å². The molecule has 0 radical (unpaired) electrons. The van der Waals surface area contributed by atoms with E-state index in [1.807, 2.05) is 44.3 Å². The van der Waals surface area contributed by atoms with Crippen molar-refractivity contribution in [2.24, 2.45) is 17.3 Å². The number of anilines is 1. The molecule has 0 bridgehead atoms. The summed E-state index contributed by atoms with van der Waals surface area (Å²) in [6, 6.07) is 9.29. The molecule has 0 spiro atoms. The van der Waals surface area contributed by atoms with Crippen LogP contribution in [0.1, 0.15) is 91.1 Å². The SMILES string of the molecule is CCNC1C=C2C=CCCC2CC1COC(=O)C12OC1(CC(CO)=C(C)CCc1ccnc(NCNC)c1)C(=O)c1cccc(CC3(C)C=CC=CC3)c1C2=O. The molecule has 1 aromatic heterocycles. The number of aliphatic hydroxyl groups is 1. The van der Waals surface area contributed by atoms with Crippen LogP contribution in [0, 0.1) is 17.3 Å². The van der Waals surface area contributed by atoms with Gasteiger partial charge in [0.1, 0.15) is 5.82 Å². The maximum absolute atomic E-state index is 15.1.